The summed E-state index contributed by atoms with van der Waals surface area (Å²) in [5.74, 6) is 0.723. The van der Waals surface area contributed by atoms with Crippen LogP contribution in [-0.4, -0.2) is 13.2 Å². The second kappa shape index (κ2) is 2.62. The lowest BCUT2D eigenvalue weighted by molar-refractivity contribution is 0.323. The number of hydrogen-bond donors (Lipinski definition) is 1. The van der Waals surface area contributed by atoms with Gasteiger partial charge in [-0.3, -0.25) is 0 Å². The van der Waals surface area contributed by atoms with Gasteiger partial charge < -0.3 is 10.1 Å². The standard InChI is InChI=1S/C8H7ClNO/c9-6-2-1-3-7-8(6)11-5-4-10-7/h1,3,10H,4-5H2. The summed E-state index contributed by atoms with van der Waals surface area (Å²) in [5.41, 5.74) is 0.958. The fourth-order valence-electron chi connectivity index (χ4n) is 1.08. The first-order valence-electron chi connectivity index (χ1n) is 3.45. The SMILES string of the molecule is Clc1[c]ccc2c1OCCN2. The molecule has 0 unspecified atom stereocenters. The second-order valence-electron chi connectivity index (χ2n) is 2.31. The van der Waals surface area contributed by atoms with Gasteiger partial charge in [0.25, 0.3) is 0 Å². The molecule has 2 rings (SSSR count). The van der Waals surface area contributed by atoms with E-state index in [2.05, 4.69) is 11.4 Å². The van der Waals surface area contributed by atoms with E-state index in [-0.39, 0.29) is 0 Å². The third-order valence-electron chi connectivity index (χ3n) is 1.57. The van der Waals surface area contributed by atoms with Crippen LogP contribution in [-0.2, 0) is 0 Å². The highest BCUT2D eigenvalue weighted by atomic mass is 35.5. The summed E-state index contributed by atoms with van der Waals surface area (Å²) in [7, 11) is 0. The monoisotopic (exact) mass is 168 g/mol. The molecule has 1 aromatic rings. The van der Waals surface area contributed by atoms with Gasteiger partial charge >= 0.3 is 0 Å². The van der Waals surface area contributed by atoms with Gasteiger partial charge in [-0.05, 0) is 6.07 Å². The largest absolute Gasteiger partial charge is 0.488 e. The second-order valence-corrected chi connectivity index (χ2v) is 2.69. The molecule has 1 N–H and O–H groups in total. The zero-order valence-electron chi connectivity index (χ0n) is 5.86. The van der Waals surface area contributed by atoms with Crippen molar-refractivity contribution in [3.8, 4) is 5.75 Å². The lowest BCUT2D eigenvalue weighted by Gasteiger charge is -2.19. The van der Waals surface area contributed by atoms with Crippen molar-refractivity contribution in [2.45, 2.75) is 0 Å². The summed E-state index contributed by atoms with van der Waals surface area (Å²) in [6.45, 7) is 1.51. The minimum Gasteiger partial charge on any atom is -0.488 e. The normalized spacial score (nSPS) is 14.6. The van der Waals surface area contributed by atoms with Gasteiger partial charge in [-0.2, -0.15) is 0 Å². The molecular formula is C8H7ClNO. The number of nitrogens with one attached hydrogen (secondary N) is 1. The van der Waals surface area contributed by atoms with Gasteiger partial charge in [0.15, 0.2) is 5.75 Å². The molecule has 1 aliphatic rings. The average Bonchev–Trinajstić information content (AvgIpc) is 2.06. The van der Waals surface area contributed by atoms with Crippen LogP contribution in [0.5, 0.6) is 5.75 Å². The Morgan fingerprint density at radius 2 is 2.55 bits per heavy atom. The molecule has 0 spiro atoms. The number of halogens is 1. The predicted molar refractivity (Wildman–Crippen MR) is 44.3 cm³/mol. The first-order chi connectivity index (χ1) is 5.38. The molecule has 0 aromatic heterocycles. The van der Waals surface area contributed by atoms with Crippen molar-refractivity contribution in [3.63, 3.8) is 0 Å². The summed E-state index contributed by atoms with van der Waals surface area (Å²) < 4.78 is 5.33. The molecular weight excluding hydrogens is 162 g/mol. The van der Waals surface area contributed by atoms with Crippen molar-refractivity contribution in [2.75, 3.05) is 18.5 Å². The third-order valence-corrected chi connectivity index (χ3v) is 1.85. The van der Waals surface area contributed by atoms with Gasteiger partial charge in [-0.25, -0.2) is 0 Å². The van der Waals surface area contributed by atoms with Gasteiger partial charge in [-0.15, -0.1) is 0 Å². The molecule has 0 atom stereocenters. The molecule has 11 heavy (non-hydrogen) atoms. The van der Waals surface area contributed by atoms with Crippen LogP contribution in [0.15, 0.2) is 12.1 Å². The first-order valence-corrected chi connectivity index (χ1v) is 3.82. The van der Waals surface area contributed by atoms with E-state index >= 15 is 0 Å². The van der Waals surface area contributed by atoms with E-state index in [0.29, 0.717) is 11.6 Å². The van der Waals surface area contributed by atoms with Crippen molar-refractivity contribution < 1.29 is 4.74 Å². The molecule has 0 bridgehead atoms. The van der Waals surface area contributed by atoms with Gasteiger partial charge in [0.2, 0.25) is 0 Å². The lowest BCUT2D eigenvalue weighted by atomic mass is 10.2. The van der Waals surface area contributed by atoms with Crippen molar-refractivity contribution in [2.24, 2.45) is 0 Å². The average molecular weight is 169 g/mol. The zero-order chi connectivity index (χ0) is 7.68. The topological polar surface area (TPSA) is 21.3 Å². The van der Waals surface area contributed by atoms with Gasteiger partial charge in [0.1, 0.15) is 6.61 Å². The van der Waals surface area contributed by atoms with Crippen LogP contribution in [0.2, 0.25) is 5.02 Å². The summed E-state index contributed by atoms with van der Waals surface area (Å²) in [5, 5.41) is 3.72. The molecule has 57 valence electrons. The van der Waals surface area contributed by atoms with Crippen molar-refractivity contribution in [1.29, 1.82) is 0 Å². The fourth-order valence-corrected chi connectivity index (χ4v) is 1.30. The third kappa shape index (κ3) is 1.14. The fraction of sp³-hybridized carbons (Fsp3) is 0.250. The molecule has 0 saturated carbocycles. The maximum Gasteiger partial charge on any atom is 0.161 e. The minimum atomic E-state index is 0.551. The summed E-state index contributed by atoms with van der Waals surface area (Å²) >= 11 is 5.82. The number of fused-ring (bicyclic) bond motifs is 1. The van der Waals surface area contributed by atoms with Crippen LogP contribution in [0.4, 0.5) is 5.69 Å². The molecule has 1 heterocycles. The molecule has 0 amide bonds. The summed E-state index contributed by atoms with van der Waals surface area (Å²) in [6, 6.07) is 6.54. The van der Waals surface area contributed by atoms with E-state index in [4.69, 9.17) is 16.3 Å². The van der Waals surface area contributed by atoms with Crippen molar-refractivity contribution >= 4 is 17.3 Å². The van der Waals surface area contributed by atoms with Crippen molar-refractivity contribution in [1.82, 2.24) is 0 Å². The Hall–Kier alpha value is -0.890. The lowest BCUT2D eigenvalue weighted by Crippen LogP contribution is -2.17. The summed E-state index contributed by atoms with van der Waals surface area (Å²) in [4.78, 5) is 0. The molecule has 3 heteroatoms. The maximum absolute atomic E-state index is 5.82. The quantitative estimate of drug-likeness (QED) is 0.640. The molecule has 2 nitrogen and oxygen atoms in total. The number of anilines is 1. The Balaban J connectivity index is 2.49. The van der Waals surface area contributed by atoms with Crippen LogP contribution in [0.25, 0.3) is 0 Å². The van der Waals surface area contributed by atoms with Crippen LogP contribution in [0, 0.1) is 6.07 Å². The van der Waals surface area contributed by atoms with E-state index in [1.165, 1.54) is 0 Å². The van der Waals surface area contributed by atoms with Gasteiger partial charge in [-0.1, -0.05) is 17.7 Å². The minimum absolute atomic E-state index is 0.551. The van der Waals surface area contributed by atoms with Crippen LogP contribution < -0.4 is 10.1 Å². The van der Waals surface area contributed by atoms with Gasteiger partial charge in [0, 0.05) is 12.6 Å². The zero-order valence-corrected chi connectivity index (χ0v) is 6.61. The van der Waals surface area contributed by atoms with Crippen molar-refractivity contribution in [3.05, 3.63) is 23.2 Å². The highest BCUT2D eigenvalue weighted by molar-refractivity contribution is 6.32. The van der Waals surface area contributed by atoms with Gasteiger partial charge in [0.05, 0.1) is 10.7 Å². The smallest absolute Gasteiger partial charge is 0.161 e. The van der Waals surface area contributed by atoms with E-state index < -0.39 is 0 Å². The Labute approximate surface area is 70.1 Å². The molecule has 0 fully saturated rings. The number of benzene rings is 1. The maximum atomic E-state index is 5.82. The molecule has 1 aliphatic heterocycles. The molecule has 1 radical (unpaired) electrons. The Kier molecular flexibility index (Phi) is 1.62. The van der Waals surface area contributed by atoms with E-state index in [1.54, 1.807) is 6.07 Å². The van der Waals surface area contributed by atoms with Crippen LogP contribution in [0.3, 0.4) is 0 Å². The molecule has 0 saturated heterocycles. The Morgan fingerprint density at radius 1 is 1.64 bits per heavy atom. The summed E-state index contributed by atoms with van der Waals surface area (Å²) in [6.07, 6.45) is 0. The highest BCUT2D eigenvalue weighted by Crippen LogP contribution is 2.33. The van der Waals surface area contributed by atoms with E-state index in [0.717, 1.165) is 18.0 Å². The number of rotatable bonds is 0. The molecule has 0 aliphatic carbocycles. The van der Waals surface area contributed by atoms with E-state index in [9.17, 15) is 0 Å². The predicted octanol–water partition coefficient (Wildman–Crippen LogP) is 1.94. The molecule has 1 aromatic carbocycles. The Morgan fingerprint density at radius 3 is 3.36 bits per heavy atom. The number of hydrogen-bond acceptors (Lipinski definition) is 2. The Bertz CT molecular complexity index is 275. The number of ether oxygens (including phenoxy) is 1. The highest BCUT2D eigenvalue weighted by Gasteiger charge is 2.11. The first kappa shape index (κ1) is 6.80. The van der Waals surface area contributed by atoms with Crippen LogP contribution >= 0.6 is 11.6 Å². The van der Waals surface area contributed by atoms with Crippen LogP contribution in [0.1, 0.15) is 0 Å². The van der Waals surface area contributed by atoms with E-state index in [1.807, 2.05) is 6.07 Å².